The number of ether oxygens (including phenoxy) is 1. The molecule has 1 aliphatic heterocycles. The maximum Gasteiger partial charge on any atom is 0.0824 e. The van der Waals surface area contributed by atoms with E-state index in [1.54, 1.807) is 0 Å². The zero-order chi connectivity index (χ0) is 13.0. The third kappa shape index (κ3) is 3.10. The molecule has 1 fully saturated rings. The van der Waals surface area contributed by atoms with Crippen LogP contribution in [0.3, 0.4) is 0 Å². The molecule has 0 radical (unpaired) electrons. The van der Waals surface area contributed by atoms with Crippen molar-refractivity contribution >= 4 is 0 Å². The molecule has 0 amide bonds. The zero-order valence-electron chi connectivity index (χ0n) is 11.4. The molecule has 1 heterocycles. The number of hydrogen-bond donors (Lipinski definition) is 1. The van der Waals surface area contributed by atoms with E-state index in [1.165, 1.54) is 5.56 Å². The van der Waals surface area contributed by atoms with Crippen LogP contribution in [-0.4, -0.2) is 37.2 Å². The fraction of sp³-hybridized carbons (Fsp3) is 0.600. The van der Waals surface area contributed by atoms with Gasteiger partial charge in [-0.05, 0) is 11.5 Å². The van der Waals surface area contributed by atoms with Crippen molar-refractivity contribution in [3.8, 4) is 0 Å². The van der Waals surface area contributed by atoms with Gasteiger partial charge in [0.2, 0.25) is 0 Å². The number of benzene rings is 1. The molecule has 0 aliphatic carbocycles. The lowest BCUT2D eigenvalue weighted by atomic mass is 9.93. The Morgan fingerprint density at radius 3 is 2.67 bits per heavy atom. The predicted molar refractivity (Wildman–Crippen MR) is 74.4 cm³/mol. The van der Waals surface area contributed by atoms with Gasteiger partial charge >= 0.3 is 0 Å². The van der Waals surface area contributed by atoms with E-state index in [2.05, 4.69) is 49.1 Å². The molecule has 3 nitrogen and oxygen atoms in total. The Bertz CT molecular complexity index is 353. The van der Waals surface area contributed by atoms with E-state index in [-0.39, 0.29) is 6.10 Å². The minimum Gasteiger partial charge on any atom is -0.374 e. The van der Waals surface area contributed by atoms with Crippen LogP contribution in [0.25, 0.3) is 0 Å². The summed E-state index contributed by atoms with van der Waals surface area (Å²) in [6.45, 7) is 7.89. The number of rotatable bonds is 4. The highest BCUT2D eigenvalue weighted by Crippen LogP contribution is 2.29. The summed E-state index contributed by atoms with van der Waals surface area (Å²) in [6, 6.07) is 11.2. The van der Waals surface area contributed by atoms with E-state index < -0.39 is 0 Å². The molecule has 0 aromatic heterocycles. The van der Waals surface area contributed by atoms with Crippen molar-refractivity contribution in [3.05, 3.63) is 35.9 Å². The number of hydrogen-bond acceptors (Lipinski definition) is 3. The summed E-state index contributed by atoms with van der Waals surface area (Å²) >= 11 is 0. The van der Waals surface area contributed by atoms with Crippen LogP contribution in [0, 0.1) is 5.92 Å². The minimum absolute atomic E-state index is 0.184. The highest BCUT2D eigenvalue weighted by Gasteiger charge is 2.28. The van der Waals surface area contributed by atoms with E-state index in [4.69, 9.17) is 10.5 Å². The van der Waals surface area contributed by atoms with Gasteiger partial charge in [0.1, 0.15) is 0 Å². The highest BCUT2D eigenvalue weighted by atomic mass is 16.5. The van der Waals surface area contributed by atoms with Crippen LogP contribution < -0.4 is 5.73 Å². The molecule has 100 valence electrons. The lowest BCUT2D eigenvalue weighted by molar-refractivity contribution is -0.0460. The van der Waals surface area contributed by atoms with Gasteiger partial charge in [-0.3, -0.25) is 4.90 Å². The number of nitrogens with zero attached hydrogens (tertiary/aromatic N) is 1. The molecule has 2 rings (SSSR count). The van der Waals surface area contributed by atoms with Gasteiger partial charge in [0.05, 0.1) is 12.7 Å². The van der Waals surface area contributed by atoms with Crippen molar-refractivity contribution in [2.24, 2.45) is 11.7 Å². The summed E-state index contributed by atoms with van der Waals surface area (Å²) in [5.74, 6) is 0.587. The lowest BCUT2D eigenvalue weighted by Gasteiger charge is -2.40. The Balaban J connectivity index is 2.15. The SMILES string of the molecule is CC(C)C(c1ccccc1)N1CCOC(CN)C1. The molecular formula is C15H24N2O. The second-order valence-electron chi connectivity index (χ2n) is 5.32. The Labute approximate surface area is 110 Å². The quantitative estimate of drug-likeness (QED) is 0.886. The summed E-state index contributed by atoms with van der Waals surface area (Å²) < 4.78 is 5.66. The molecule has 0 spiro atoms. The summed E-state index contributed by atoms with van der Waals surface area (Å²) in [5.41, 5.74) is 7.12. The van der Waals surface area contributed by atoms with Crippen LogP contribution in [0.5, 0.6) is 0 Å². The highest BCUT2D eigenvalue weighted by molar-refractivity contribution is 5.19. The van der Waals surface area contributed by atoms with Gasteiger partial charge in [0.15, 0.2) is 0 Å². The van der Waals surface area contributed by atoms with Gasteiger partial charge in [-0.15, -0.1) is 0 Å². The topological polar surface area (TPSA) is 38.5 Å². The summed E-state index contributed by atoms with van der Waals surface area (Å²) in [6.07, 6.45) is 0.184. The van der Waals surface area contributed by atoms with Gasteiger partial charge in [-0.1, -0.05) is 44.2 Å². The van der Waals surface area contributed by atoms with Gasteiger partial charge in [-0.2, -0.15) is 0 Å². The minimum atomic E-state index is 0.184. The maximum absolute atomic E-state index is 5.73. The van der Waals surface area contributed by atoms with Crippen LogP contribution in [0.1, 0.15) is 25.5 Å². The summed E-state index contributed by atoms with van der Waals surface area (Å²) in [5, 5.41) is 0. The fourth-order valence-corrected chi connectivity index (χ4v) is 2.80. The second-order valence-corrected chi connectivity index (χ2v) is 5.32. The van der Waals surface area contributed by atoms with Crippen LogP contribution >= 0.6 is 0 Å². The maximum atomic E-state index is 5.73. The molecule has 3 heteroatoms. The van der Waals surface area contributed by atoms with Crippen molar-refractivity contribution in [2.45, 2.75) is 26.0 Å². The van der Waals surface area contributed by atoms with Crippen molar-refractivity contribution in [2.75, 3.05) is 26.2 Å². The standard InChI is InChI=1S/C15H24N2O/c1-12(2)15(13-6-4-3-5-7-13)17-8-9-18-14(10-16)11-17/h3-7,12,14-15H,8-11,16H2,1-2H3. The van der Waals surface area contributed by atoms with Crippen LogP contribution in [-0.2, 0) is 4.74 Å². The van der Waals surface area contributed by atoms with Crippen molar-refractivity contribution in [3.63, 3.8) is 0 Å². The third-order valence-electron chi connectivity index (χ3n) is 3.60. The Morgan fingerprint density at radius 1 is 1.33 bits per heavy atom. The third-order valence-corrected chi connectivity index (χ3v) is 3.60. The van der Waals surface area contributed by atoms with E-state index in [0.717, 1.165) is 19.7 Å². The van der Waals surface area contributed by atoms with E-state index in [0.29, 0.717) is 18.5 Å². The monoisotopic (exact) mass is 248 g/mol. The number of nitrogens with two attached hydrogens (primary N) is 1. The lowest BCUT2D eigenvalue weighted by Crippen LogP contribution is -2.48. The first-order valence-corrected chi connectivity index (χ1v) is 6.83. The zero-order valence-corrected chi connectivity index (χ0v) is 11.4. The van der Waals surface area contributed by atoms with Gasteiger partial charge in [-0.25, -0.2) is 0 Å². The van der Waals surface area contributed by atoms with Gasteiger partial charge < -0.3 is 10.5 Å². The van der Waals surface area contributed by atoms with Crippen LogP contribution in [0.4, 0.5) is 0 Å². The fourth-order valence-electron chi connectivity index (χ4n) is 2.80. The van der Waals surface area contributed by atoms with Crippen molar-refractivity contribution < 1.29 is 4.74 Å². The van der Waals surface area contributed by atoms with Gasteiger partial charge in [0, 0.05) is 25.7 Å². The molecule has 18 heavy (non-hydrogen) atoms. The average molecular weight is 248 g/mol. The smallest absolute Gasteiger partial charge is 0.0824 e. The molecule has 1 saturated heterocycles. The van der Waals surface area contributed by atoms with E-state index in [9.17, 15) is 0 Å². The first-order valence-electron chi connectivity index (χ1n) is 6.83. The largest absolute Gasteiger partial charge is 0.374 e. The van der Waals surface area contributed by atoms with Crippen molar-refractivity contribution in [1.82, 2.24) is 4.90 Å². The Kier molecular flexibility index (Phi) is 4.75. The molecule has 2 atom stereocenters. The average Bonchev–Trinajstić information content (AvgIpc) is 2.40. The molecule has 0 bridgehead atoms. The first-order chi connectivity index (χ1) is 8.72. The summed E-state index contributed by atoms with van der Waals surface area (Å²) in [7, 11) is 0. The number of morpholine rings is 1. The molecule has 2 unspecified atom stereocenters. The predicted octanol–water partition coefficient (Wildman–Crippen LogP) is 2.04. The van der Waals surface area contributed by atoms with E-state index >= 15 is 0 Å². The summed E-state index contributed by atoms with van der Waals surface area (Å²) in [4.78, 5) is 2.51. The normalized spacial score (nSPS) is 23.2. The second kappa shape index (κ2) is 6.32. The molecule has 1 aromatic carbocycles. The Morgan fingerprint density at radius 2 is 2.06 bits per heavy atom. The first kappa shape index (κ1) is 13.5. The van der Waals surface area contributed by atoms with Crippen LogP contribution in [0.2, 0.25) is 0 Å². The molecule has 2 N–H and O–H groups in total. The Hall–Kier alpha value is -0.900. The molecular weight excluding hydrogens is 224 g/mol. The molecule has 1 aromatic rings. The molecule has 0 saturated carbocycles. The van der Waals surface area contributed by atoms with E-state index in [1.807, 2.05) is 0 Å². The molecule has 1 aliphatic rings. The van der Waals surface area contributed by atoms with Crippen LogP contribution in [0.15, 0.2) is 30.3 Å². The van der Waals surface area contributed by atoms with Gasteiger partial charge in [0.25, 0.3) is 0 Å². The van der Waals surface area contributed by atoms with Crippen molar-refractivity contribution in [1.29, 1.82) is 0 Å².